The average Bonchev–Trinajstić information content (AvgIpc) is 3.15. The molecule has 0 unspecified atom stereocenters. The first-order valence-corrected chi connectivity index (χ1v) is 21.5. The zero-order valence-corrected chi connectivity index (χ0v) is 34.0. The molecule has 0 atom stereocenters. The highest BCUT2D eigenvalue weighted by atomic mass is 32.2. The Morgan fingerprint density at radius 2 is 1.18 bits per heavy atom. The van der Waals surface area contributed by atoms with Crippen LogP contribution in [0.5, 0.6) is 11.5 Å². The van der Waals surface area contributed by atoms with Gasteiger partial charge in [-0.3, -0.25) is 13.7 Å². The number of aryl methyl sites for hydroxylation is 2. The van der Waals surface area contributed by atoms with E-state index in [1.54, 1.807) is 13.8 Å². The van der Waals surface area contributed by atoms with Gasteiger partial charge in [0.15, 0.2) is 0 Å². The van der Waals surface area contributed by atoms with E-state index < -0.39 is 67.3 Å². The normalized spacial score (nSPS) is 13.0. The predicted octanol–water partition coefficient (Wildman–Crippen LogP) is 8.11. The third kappa shape index (κ3) is 9.19. The van der Waals surface area contributed by atoms with Crippen LogP contribution in [0.1, 0.15) is 11.1 Å². The average molecular weight is 917 g/mol. The van der Waals surface area contributed by atoms with E-state index in [0.717, 1.165) is 24.3 Å². The minimum atomic E-state index is -5.26. The van der Waals surface area contributed by atoms with Crippen molar-refractivity contribution < 1.29 is 68.6 Å². The second-order valence-electron chi connectivity index (χ2n) is 12.7. The lowest BCUT2D eigenvalue weighted by atomic mass is 10.1. The van der Waals surface area contributed by atoms with Gasteiger partial charge < -0.3 is 26.9 Å². The molecule has 0 bridgehead atoms. The van der Waals surface area contributed by atoms with Gasteiger partial charge in [-0.15, -0.1) is 14.6 Å². The summed E-state index contributed by atoms with van der Waals surface area (Å²) in [4.78, 5) is -2.75. The van der Waals surface area contributed by atoms with Crippen LogP contribution in [-0.2, 0) is 39.7 Å². The quantitative estimate of drug-likeness (QED) is 0.0109. The predicted molar refractivity (Wildman–Crippen MR) is 216 cm³/mol. The summed E-state index contributed by atoms with van der Waals surface area (Å²) in [6.07, 6.45) is 0. The van der Waals surface area contributed by atoms with Gasteiger partial charge in [0, 0.05) is 39.0 Å². The first-order valence-electron chi connectivity index (χ1n) is 16.5. The van der Waals surface area contributed by atoms with Crippen LogP contribution >= 0.6 is 12.0 Å². The van der Waals surface area contributed by atoms with Crippen molar-refractivity contribution in [1.29, 1.82) is 0 Å². The van der Waals surface area contributed by atoms with Crippen LogP contribution in [0.3, 0.4) is 0 Å². The monoisotopic (exact) mass is 916 g/mol. The molecule has 10 N–H and O–H groups in total. The summed E-state index contributed by atoms with van der Waals surface area (Å²) in [7, 11) is -15.4. The van der Waals surface area contributed by atoms with E-state index in [-0.39, 0.29) is 61.2 Å². The Morgan fingerprint density at radius 3 is 1.77 bits per heavy atom. The van der Waals surface area contributed by atoms with E-state index in [1.165, 1.54) is 42.5 Å². The van der Waals surface area contributed by atoms with E-state index in [0.29, 0.717) is 34.1 Å². The summed E-state index contributed by atoms with van der Waals surface area (Å²) in [6, 6.07) is 14.5. The summed E-state index contributed by atoms with van der Waals surface area (Å²) in [5.41, 5.74) is 13.1. The second-order valence-corrected chi connectivity index (χ2v) is 17.6. The first kappa shape index (κ1) is 44.2. The Labute approximate surface area is 347 Å². The highest BCUT2D eigenvalue weighted by Gasteiger charge is 2.30. The molecule has 0 aromatic heterocycles. The Bertz CT molecular complexity index is 3250. The fraction of sp³-hybridized carbons (Fsp3) is 0.0588. The molecule has 0 fully saturated rings. The standard InChI is InChI=1S/C34H28N8O15S4/c1-15-9-17(3-6-22(15)37-39-24-8-5-20-30(32(24)35)27(44)14-29(60(50,51)52)34(20)61(53,54)55)41-42(45)18-4-7-23(16(2)10-18)38-40-25-13-28(59(47,48)49)21-11-19(58-57-56-46)12-26(43)31(21)33(25)36/h3-14,43-44,46H,35-36H2,1-2H3,(H,47,48,49)(H,50,51,52)(H,53,54,55). The summed E-state index contributed by atoms with van der Waals surface area (Å²) >= 11 is 0.421. The molecule has 0 aliphatic carbocycles. The van der Waals surface area contributed by atoms with Crippen LogP contribution in [0, 0.1) is 19.1 Å². The van der Waals surface area contributed by atoms with E-state index in [9.17, 15) is 54.3 Å². The van der Waals surface area contributed by atoms with Gasteiger partial charge in [0.05, 0.1) is 45.6 Å². The van der Waals surface area contributed by atoms with E-state index >= 15 is 0 Å². The second kappa shape index (κ2) is 16.6. The Hall–Kier alpha value is -6.40. The van der Waals surface area contributed by atoms with Gasteiger partial charge >= 0.3 is 0 Å². The topological polar surface area (TPSA) is 382 Å². The van der Waals surface area contributed by atoms with Crippen LogP contribution in [0.25, 0.3) is 21.5 Å². The Kier molecular flexibility index (Phi) is 12.0. The number of fused-ring (bicyclic) bond motifs is 2. The lowest BCUT2D eigenvalue weighted by Gasteiger charge is -2.13. The molecule has 0 spiro atoms. The third-order valence-corrected chi connectivity index (χ3v) is 12.1. The van der Waals surface area contributed by atoms with Crippen LogP contribution in [0.4, 0.5) is 45.5 Å². The molecule has 6 aromatic carbocycles. The number of rotatable bonds is 12. The molecule has 61 heavy (non-hydrogen) atoms. The minimum Gasteiger partial charge on any atom is -0.594 e. The van der Waals surface area contributed by atoms with Crippen molar-refractivity contribution in [3.8, 4) is 11.5 Å². The number of anilines is 2. The lowest BCUT2D eigenvalue weighted by Crippen LogP contribution is -2.09. The molecule has 0 saturated carbocycles. The van der Waals surface area contributed by atoms with Gasteiger partial charge in [-0.05, 0) is 73.5 Å². The molecule has 0 aliphatic rings. The van der Waals surface area contributed by atoms with Crippen molar-refractivity contribution in [3.63, 3.8) is 0 Å². The Balaban J connectivity index is 1.25. The minimum absolute atomic E-state index is 0.0711. The van der Waals surface area contributed by atoms with Gasteiger partial charge in [-0.2, -0.15) is 35.5 Å². The van der Waals surface area contributed by atoms with Gasteiger partial charge in [0.2, 0.25) is 5.69 Å². The van der Waals surface area contributed by atoms with Crippen LogP contribution in [0.2, 0.25) is 0 Å². The fourth-order valence-corrected chi connectivity index (χ4v) is 9.09. The molecule has 0 heterocycles. The maximum atomic E-state index is 13.1. The zero-order valence-electron chi connectivity index (χ0n) is 30.8. The smallest absolute Gasteiger partial charge is 0.296 e. The number of nitrogens with zero attached hydrogens (tertiary/aromatic N) is 6. The summed E-state index contributed by atoms with van der Waals surface area (Å²) < 4.78 is 106. The van der Waals surface area contributed by atoms with Crippen molar-refractivity contribution in [2.24, 2.45) is 25.6 Å². The fourth-order valence-electron chi connectivity index (χ4n) is 5.96. The molecule has 0 aliphatic heterocycles. The molecule has 23 nitrogen and oxygen atoms in total. The number of phenols is 2. The number of phenolic OH excluding ortho intramolecular Hbond substituents is 2. The molecule has 27 heteroatoms. The van der Waals surface area contributed by atoms with Gasteiger partial charge in [-0.25, -0.2) is 5.26 Å². The highest BCUT2D eigenvalue weighted by molar-refractivity contribution is 7.94. The maximum Gasteiger partial charge on any atom is 0.296 e. The number of azo groups is 3. The van der Waals surface area contributed by atoms with Crippen molar-refractivity contribution >= 4 is 109 Å². The van der Waals surface area contributed by atoms with Crippen LogP contribution < -0.4 is 11.5 Å². The van der Waals surface area contributed by atoms with Crippen molar-refractivity contribution in [2.45, 2.75) is 33.4 Å². The summed E-state index contributed by atoms with van der Waals surface area (Å²) in [5, 5.41) is 65.3. The van der Waals surface area contributed by atoms with Crippen LogP contribution in [-0.4, -0.2) is 59.2 Å². The molecule has 0 amide bonds. The number of nitrogens with two attached hydrogens (primary N) is 2. The molecular formula is C34H28N8O15S4. The molecule has 6 rings (SSSR count). The maximum absolute atomic E-state index is 13.1. The number of aromatic hydroxyl groups is 2. The van der Waals surface area contributed by atoms with Gasteiger partial charge in [-0.1, -0.05) is 16.0 Å². The molecule has 0 radical (unpaired) electrons. The van der Waals surface area contributed by atoms with Crippen molar-refractivity contribution in [3.05, 3.63) is 89.1 Å². The van der Waals surface area contributed by atoms with Crippen LogP contribution in [0.15, 0.2) is 118 Å². The molecular weight excluding hydrogens is 889 g/mol. The lowest BCUT2D eigenvalue weighted by molar-refractivity contribution is -0.435. The number of nitrogen functional groups attached to an aromatic ring is 2. The molecule has 318 valence electrons. The van der Waals surface area contributed by atoms with E-state index in [4.69, 9.17) is 16.7 Å². The number of hydrogen-bond acceptors (Lipinski definition) is 20. The largest absolute Gasteiger partial charge is 0.594 e. The summed E-state index contributed by atoms with van der Waals surface area (Å²) in [5.74, 6) is -1.36. The van der Waals surface area contributed by atoms with E-state index in [2.05, 4.69) is 34.9 Å². The molecule has 0 saturated heterocycles. The van der Waals surface area contributed by atoms with E-state index in [1.807, 2.05) is 0 Å². The third-order valence-electron chi connectivity index (χ3n) is 8.68. The SMILES string of the molecule is Cc1cc([N+]([O-])=Nc2ccc(N=Nc3ccc4c(S(=O)(=O)O)c(S(=O)(=O)O)cc(O)c4c3N)c(C)c2)ccc1N=Nc1cc(S(=O)(=O)O)c2cc(SOOO)cc(O)c2c1N. The first-order chi connectivity index (χ1) is 28.5. The van der Waals surface area contributed by atoms with Gasteiger partial charge in [0.25, 0.3) is 30.4 Å². The zero-order chi connectivity index (χ0) is 44.8. The Morgan fingerprint density at radius 1 is 0.639 bits per heavy atom. The van der Waals surface area contributed by atoms with Gasteiger partial charge in [0.1, 0.15) is 43.2 Å². The van der Waals surface area contributed by atoms with Crippen molar-refractivity contribution in [2.75, 3.05) is 11.5 Å². The number of hydrogen-bond donors (Lipinski definition) is 8. The number of benzene rings is 6. The van der Waals surface area contributed by atoms with Crippen molar-refractivity contribution in [1.82, 2.24) is 0 Å². The molecule has 6 aromatic rings. The summed E-state index contributed by atoms with van der Waals surface area (Å²) in [6.45, 7) is 3.22. The highest BCUT2D eigenvalue weighted by Crippen LogP contribution is 2.45.